The van der Waals surface area contributed by atoms with Crippen LogP contribution in [0.25, 0.3) is 5.69 Å². The SMILES string of the molecule is COc1ccc(NC(=O)CSc2nnnn2-c2ccc3c(c2)OCO3)cc1. The number of hydrogen-bond donors (Lipinski definition) is 1. The van der Waals surface area contributed by atoms with Crippen molar-refractivity contribution in [3.05, 3.63) is 42.5 Å². The van der Waals surface area contributed by atoms with E-state index in [0.717, 1.165) is 11.4 Å². The molecule has 27 heavy (non-hydrogen) atoms. The molecule has 1 N–H and O–H groups in total. The van der Waals surface area contributed by atoms with Gasteiger partial charge < -0.3 is 19.5 Å². The van der Waals surface area contributed by atoms with Gasteiger partial charge in [-0.25, -0.2) is 0 Å². The van der Waals surface area contributed by atoms with Crippen LogP contribution in [-0.4, -0.2) is 45.8 Å². The van der Waals surface area contributed by atoms with Gasteiger partial charge in [-0.3, -0.25) is 4.79 Å². The maximum Gasteiger partial charge on any atom is 0.234 e. The zero-order valence-electron chi connectivity index (χ0n) is 14.3. The van der Waals surface area contributed by atoms with Gasteiger partial charge in [0.1, 0.15) is 5.75 Å². The maximum absolute atomic E-state index is 12.2. The molecule has 2 heterocycles. The Morgan fingerprint density at radius 3 is 2.85 bits per heavy atom. The van der Waals surface area contributed by atoms with Gasteiger partial charge in [-0.05, 0) is 46.8 Å². The summed E-state index contributed by atoms with van der Waals surface area (Å²) in [6, 6.07) is 12.5. The monoisotopic (exact) mass is 385 g/mol. The second-order valence-electron chi connectivity index (χ2n) is 5.48. The lowest BCUT2D eigenvalue weighted by molar-refractivity contribution is -0.113. The molecule has 138 valence electrons. The molecule has 9 nitrogen and oxygen atoms in total. The number of amides is 1. The second kappa shape index (κ2) is 7.54. The summed E-state index contributed by atoms with van der Waals surface area (Å²) in [7, 11) is 1.59. The third-order valence-corrected chi connectivity index (χ3v) is 4.67. The van der Waals surface area contributed by atoms with Gasteiger partial charge >= 0.3 is 0 Å². The molecule has 0 unspecified atom stereocenters. The van der Waals surface area contributed by atoms with Gasteiger partial charge in [0.2, 0.25) is 17.9 Å². The van der Waals surface area contributed by atoms with Crippen molar-refractivity contribution >= 4 is 23.4 Å². The first kappa shape index (κ1) is 17.2. The number of thioether (sulfide) groups is 1. The molecule has 1 aromatic heterocycles. The average Bonchev–Trinajstić information content (AvgIpc) is 3.35. The number of nitrogens with zero attached hydrogens (tertiary/aromatic N) is 4. The van der Waals surface area contributed by atoms with Crippen LogP contribution < -0.4 is 19.5 Å². The van der Waals surface area contributed by atoms with E-state index in [1.807, 2.05) is 6.07 Å². The highest BCUT2D eigenvalue weighted by molar-refractivity contribution is 7.99. The van der Waals surface area contributed by atoms with Crippen LogP contribution in [0.2, 0.25) is 0 Å². The van der Waals surface area contributed by atoms with Gasteiger partial charge in [0, 0.05) is 11.8 Å². The number of tetrazole rings is 1. The zero-order chi connectivity index (χ0) is 18.6. The van der Waals surface area contributed by atoms with E-state index in [0.29, 0.717) is 22.3 Å². The van der Waals surface area contributed by atoms with Gasteiger partial charge in [-0.15, -0.1) is 5.10 Å². The van der Waals surface area contributed by atoms with Crippen LogP contribution in [0.1, 0.15) is 0 Å². The Hall–Kier alpha value is -3.27. The van der Waals surface area contributed by atoms with Gasteiger partial charge in [0.05, 0.1) is 18.6 Å². The lowest BCUT2D eigenvalue weighted by atomic mass is 10.3. The second-order valence-corrected chi connectivity index (χ2v) is 6.42. The molecule has 4 rings (SSSR count). The molecule has 0 bridgehead atoms. The molecule has 0 saturated carbocycles. The summed E-state index contributed by atoms with van der Waals surface area (Å²) >= 11 is 1.23. The van der Waals surface area contributed by atoms with E-state index in [2.05, 4.69) is 20.8 Å². The molecular formula is C17H15N5O4S. The predicted octanol–water partition coefficient (Wildman–Crippen LogP) is 2.13. The van der Waals surface area contributed by atoms with Crippen molar-refractivity contribution in [2.45, 2.75) is 5.16 Å². The van der Waals surface area contributed by atoms with Crippen molar-refractivity contribution in [2.24, 2.45) is 0 Å². The van der Waals surface area contributed by atoms with E-state index in [4.69, 9.17) is 14.2 Å². The lowest BCUT2D eigenvalue weighted by Crippen LogP contribution is -2.14. The number of ether oxygens (including phenoxy) is 3. The first-order valence-corrected chi connectivity index (χ1v) is 8.96. The number of aromatic nitrogens is 4. The van der Waals surface area contributed by atoms with E-state index < -0.39 is 0 Å². The number of benzene rings is 2. The third kappa shape index (κ3) is 3.80. The number of nitrogens with one attached hydrogen (secondary N) is 1. The van der Waals surface area contributed by atoms with Crippen LogP contribution in [-0.2, 0) is 4.79 Å². The third-order valence-electron chi connectivity index (χ3n) is 3.75. The molecule has 0 aliphatic carbocycles. The molecule has 0 radical (unpaired) electrons. The summed E-state index contributed by atoms with van der Waals surface area (Å²) in [6.45, 7) is 0.196. The van der Waals surface area contributed by atoms with Crippen molar-refractivity contribution in [3.63, 3.8) is 0 Å². The van der Waals surface area contributed by atoms with E-state index in [1.165, 1.54) is 11.8 Å². The highest BCUT2D eigenvalue weighted by Gasteiger charge is 2.17. The Kier molecular flexibility index (Phi) is 4.79. The van der Waals surface area contributed by atoms with Crippen molar-refractivity contribution in [1.29, 1.82) is 0 Å². The van der Waals surface area contributed by atoms with Gasteiger partial charge in [0.15, 0.2) is 11.5 Å². The number of anilines is 1. The van der Waals surface area contributed by atoms with Crippen LogP contribution in [0.15, 0.2) is 47.6 Å². The molecule has 0 spiro atoms. The van der Waals surface area contributed by atoms with Crippen LogP contribution in [0.3, 0.4) is 0 Å². The summed E-state index contributed by atoms with van der Waals surface area (Å²) in [6.07, 6.45) is 0. The molecule has 0 fully saturated rings. The van der Waals surface area contributed by atoms with E-state index in [-0.39, 0.29) is 18.5 Å². The Balaban J connectivity index is 1.40. The molecule has 3 aromatic rings. The fourth-order valence-electron chi connectivity index (χ4n) is 2.45. The topological polar surface area (TPSA) is 100 Å². The van der Waals surface area contributed by atoms with E-state index in [9.17, 15) is 4.79 Å². The molecule has 1 amide bonds. The van der Waals surface area contributed by atoms with Crippen molar-refractivity contribution in [1.82, 2.24) is 20.2 Å². The van der Waals surface area contributed by atoms with Crippen LogP contribution in [0.5, 0.6) is 17.2 Å². The number of rotatable bonds is 6. The maximum atomic E-state index is 12.2. The summed E-state index contributed by atoms with van der Waals surface area (Å²) in [5.74, 6) is 2.04. The quantitative estimate of drug-likeness (QED) is 0.644. The lowest BCUT2D eigenvalue weighted by Gasteiger charge is -2.07. The summed E-state index contributed by atoms with van der Waals surface area (Å²) < 4.78 is 17.3. The summed E-state index contributed by atoms with van der Waals surface area (Å²) in [5, 5.41) is 15.0. The van der Waals surface area contributed by atoms with Gasteiger partial charge in [-0.1, -0.05) is 11.8 Å². The standard InChI is InChI=1S/C17H15N5O4S/c1-24-13-5-2-11(3-6-13)18-16(23)9-27-17-19-20-21-22(17)12-4-7-14-15(8-12)26-10-25-14/h2-8H,9-10H2,1H3,(H,18,23). The zero-order valence-corrected chi connectivity index (χ0v) is 15.1. The van der Waals surface area contributed by atoms with E-state index >= 15 is 0 Å². The van der Waals surface area contributed by atoms with Gasteiger partial charge in [0.25, 0.3) is 0 Å². The number of carbonyl (C=O) groups excluding carboxylic acids is 1. The van der Waals surface area contributed by atoms with Crippen molar-refractivity contribution in [3.8, 4) is 22.9 Å². The van der Waals surface area contributed by atoms with Crippen LogP contribution >= 0.6 is 11.8 Å². The first-order valence-electron chi connectivity index (χ1n) is 7.98. The number of fused-ring (bicyclic) bond motifs is 1. The highest BCUT2D eigenvalue weighted by atomic mass is 32.2. The Bertz CT molecular complexity index is 960. The minimum atomic E-state index is -0.162. The Morgan fingerprint density at radius 1 is 1.22 bits per heavy atom. The molecule has 1 aliphatic heterocycles. The largest absolute Gasteiger partial charge is 0.497 e. The smallest absolute Gasteiger partial charge is 0.234 e. The van der Waals surface area contributed by atoms with Crippen LogP contribution in [0.4, 0.5) is 5.69 Å². The molecule has 10 heteroatoms. The average molecular weight is 385 g/mol. The number of carbonyl (C=O) groups is 1. The fraction of sp³-hybridized carbons (Fsp3) is 0.176. The molecular weight excluding hydrogens is 370 g/mol. The Morgan fingerprint density at radius 2 is 2.04 bits per heavy atom. The predicted molar refractivity (Wildman–Crippen MR) is 97.6 cm³/mol. The van der Waals surface area contributed by atoms with E-state index in [1.54, 1.807) is 48.2 Å². The normalized spacial score (nSPS) is 12.0. The first-order chi connectivity index (χ1) is 13.2. The number of hydrogen-bond acceptors (Lipinski definition) is 8. The summed E-state index contributed by atoms with van der Waals surface area (Å²) in [4.78, 5) is 12.2. The number of methoxy groups -OCH3 is 1. The Labute approximate surface area is 158 Å². The minimum Gasteiger partial charge on any atom is -0.497 e. The molecule has 1 aliphatic rings. The summed E-state index contributed by atoms with van der Waals surface area (Å²) in [5.41, 5.74) is 1.42. The van der Waals surface area contributed by atoms with Gasteiger partial charge in [-0.2, -0.15) is 4.68 Å². The van der Waals surface area contributed by atoms with Crippen LogP contribution in [0, 0.1) is 0 Å². The fourth-order valence-corrected chi connectivity index (χ4v) is 3.14. The highest BCUT2D eigenvalue weighted by Crippen LogP contribution is 2.34. The molecule has 0 atom stereocenters. The molecule has 2 aromatic carbocycles. The molecule has 0 saturated heterocycles. The van der Waals surface area contributed by atoms with Crippen molar-refractivity contribution < 1.29 is 19.0 Å². The minimum absolute atomic E-state index is 0.162. The van der Waals surface area contributed by atoms with Crippen molar-refractivity contribution in [2.75, 3.05) is 25.0 Å².